The van der Waals surface area contributed by atoms with E-state index in [2.05, 4.69) is 5.16 Å². The molecule has 12 heavy (non-hydrogen) atoms. The highest BCUT2D eigenvalue weighted by atomic mass is 16.6. The summed E-state index contributed by atoms with van der Waals surface area (Å²) >= 11 is 0. The molecule has 0 radical (unpaired) electrons. The standard InChI is InChI=1S/C8H9NO3/c10-5-6-4-7(9-12-6)8-2-1-3-11-8/h1-3,6,10H,4-5H2. The lowest BCUT2D eigenvalue weighted by Gasteiger charge is -2.00. The van der Waals surface area contributed by atoms with Gasteiger partial charge >= 0.3 is 0 Å². The van der Waals surface area contributed by atoms with E-state index in [1.807, 2.05) is 6.07 Å². The molecule has 1 aromatic heterocycles. The van der Waals surface area contributed by atoms with E-state index in [0.717, 1.165) is 5.71 Å². The van der Waals surface area contributed by atoms with Gasteiger partial charge in [-0.25, -0.2) is 0 Å². The zero-order valence-electron chi connectivity index (χ0n) is 6.43. The molecule has 0 aliphatic carbocycles. The summed E-state index contributed by atoms with van der Waals surface area (Å²) in [6, 6.07) is 3.62. The van der Waals surface area contributed by atoms with Crippen LogP contribution in [0.25, 0.3) is 0 Å². The molecule has 0 amide bonds. The van der Waals surface area contributed by atoms with Gasteiger partial charge in [-0.05, 0) is 12.1 Å². The Hall–Kier alpha value is -1.29. The first-order valence-corrected chi connectivity index (χ1v) is 3.77. The molecule has 4 nitrogen and oxygen atoms in total. The maximum absolute atomic E-state index is 8.75. The lowest BCUT2D eigenvalue weighted by Crippen LogP contribution is -2.12. The van der Waals surface area contributed by atoms with Crippen molar-refractivity contribution >= 4 is 5.71 Å². The fourth-order valence-corrected chi connectivity index (χ4v) is 1.11. The van der Waals surface area contributed by atoms with Crippen molar-refractivity contribution in [3.05, 3.63) is 24.2 Å². The molecule has 0 saturated heterocycles. The molecule has 1 aliphatic heterocycles. The van der Waals surface area contributed by atoms with Crippen LogP contribution in [0.3, 0.4) is 0 Å². The molecule has 1 atom stereocenters. The quantitative estimate of drug-likeness (QED) is 0.707. The number of oxime groups is 1. The first kappa shape index (κ1) is 7.36. The first-order valence-electron chi connectivity index (χ1n) is 3.77. The molecule has 0 spiro atoms. The van der Waals surface area contributed by atoms with Crippen molar-refractivity contribution in [2.75, 3.05) is 6.61 Å². The number of nitrogens with zero attached hydrogens (tertiary/aromatic N) is 1. The van der Waals surface area contributed by atoms with Crippen LogP contribution in [0.1, 0.15) is 12.2 Å². The molecule has 0 fully saturated rings. The Morgan fingerprint density at radius 1 is 1.67 bits per heavy atom. The number of hydrogen-bond acceptors (Lipinski definition) is 4. The van der Waals surface area contributed by atoms with Crippen molar-refractivity contribution in [3.8, 4) is 0 Å². The summed E-state index contributed by atoms with van der Waals surface area (Å²) in [5.41, 5.74) is 0.763. The Labute approximate surface area is 69.4 Å². The fourth-order valence-electron chi connectivity index (χ4n) is 1.11. The number of aliphatic hydroxyl groups is 1. The van der Waals surface area contributed by atoms with Gasteiger partial charge in [-0.3, -0.25) is 0 Å². The van der Waals surface area contributed by atoms with Crippen LogP contribution in [-0.2, 0) is 4.84 Å². The average molecular weight is 167 g/mol. The minimum Gasteiger partial charge on any atom is -0.463 e. The van der Waals surface area contributed by atoms with Gasteiger partial charge in [0.2, 0.25) is 0 Å². The summed E-state index contributed by atoms with van der Waals surface area (Å²) in [7, 11) is 0. The highest BCUT2D eigenvalue weighted by Crippen LogP contribution is 2.16. The summed E-state index contributed by atoms with van der Waals surface area (Å²) in [5, 5.41) is 12.5. The van der Waals surface area contributed by atoms with Crippen molar-refractivity contribution in [1.29, 1.82) is 0 Å². The largest absolute Gasteiger partial charge is 0.463 e. The minimum atomic E-state index is -0.204. The smallest absolute Gasteiger partial charge is 0.156 e. The Bertz CT molecular complexity index is 279. The molecule has 0 bridgehead atoms. The van der Waals surface area contributed by atoms with Gasteiger partial charge in [-0.15, -0.1) is 0 Å². The van der Waals surface area contributed by atoms with E-state index < -0.39 is 0 Å². The highest BCUT2D eigenvalue weighted by molar-refractivity contribution is 5.98. The lowest BCUT2D eigenvalue weighted by atomic mass is 10.1. The molecule has 0 aromatic carbocycles. The van der Waals surface area contributed by atoms with Crippen molar-refractivity contribution in [1.82, 2.24) is 0 Å². The van der Waals surface area contributed by atoms with Crippen LogP contribution in [0.2, 0.25) is 0 Å². The molecule has 2 rings (SSSR count). The number of furan rings is 1. The zero-order valence-corrected chi connectivity index (χ0v) is 6.43. The summed E-state index contributed by atoms with van der Waals surface area (Å²) < 4.78 is 5.12. The van der Waals surface area contributed by atoms with E-state index in [9.17, 15) is 0 Å². The molecule has 64 valence electrons. The van der Waals surface area contributed by atoms with Crippen LogP contribution in [0, 0.1) is 0 Å². The van der Waals surface area contributed by atoms with E-state index in [1.54, 1.807) is 12.3 Å². The van der Waals surface area contributed by atoms with Gasteiger partial charge in [0.15, 0.2) is 11.9 Å². The summed E-state index contributed by atoms with van der Waals surface area (Å²) in [5.74, 6) is 0.714. The van der Waals surface area contributed by atoms with Crippen molar-refractivity contribution < 1.29 is 14.4 Å². The van der Waals surface area contributed by atoms with Gasteiger partial charge in [0.05, 0.1) is 12.9 Å². The first-order chi connectivity index (χ1) is 5.90. The predicted molar refractivity (Wildman–Crippen MR) is 41.8 cm³/mol. The zero-order chi connectivity index (χ0) is 8.39. The third-order valence-electron chi connectivity index (χ3n) is 1.74. The molecular weight excluding hydrogens is 158 g/mol. The van der Waals surface area contributed by atoms with Crippen LogP contribution in [-0.4, -0.2) is 23.5 Å². The van der Waals surface area contributed by atoms with Crippen LogP contribution >= 0.6 is 0 Å². The Kier molecular flexibility index (Phi) is 1.83. The number of hydrogen-bond donors (Lipinski definition) is 1. The second-order valence-electron chi connectivity index (χ2n) is 2.63. The molecule has 1 unspecified atom stereocenters. The average Bonchev–Trinajstić information content (AvgIpc) is 2.75. The summed E-state index contributed by atoms with van der Waals surface area (Å²) in [6.45, 7) is -0.00624. The maximum atomic E-state index is 8.75. The summed E-state index contributed by atoms with van der Waals surface area (Å²) in [6.07, 6.45) is 2.00. The lowest BCUT2D eigenvalue weighted by molar-refractivity contribution is 0.0390. The second-order valence-corrected chi connectivity index (χ2v) is 2.63. The molecule has 1 aromatic rings. The van der Waals surface area contributed by atoms with Crippen molar-refractivity contribution in [2.45, 2.75) is 12.5 Å². The van der Waals surface area contributed by atoms with Crippen LogP contribution in [0.4, 0.5) is 0 Å². The maximum Gasteiger partial charge on any atom is 0.156 e. The molecule has 0 saturated carbocycles. The SMILES string of the molecule is OCC1CC(c2ccco2)=NO1. The normalized spacial score (nSPS) is 22.1. The van der Waals surface area contributed by atoms with Gasteiger partial charge in [-0.2, -0.15) is 0 Å². The fraction of sp³-hybridized carbons (Fsp3) is 0.375. The minimum absolute atomic E-state index is 0.00624. The topological polar surface area (TPSA) is 55.0 Å². The van der Waals surface area contributed by atoms with E-state index in [4.69, 9.17) is 14.4 Å². The van der Waals surface area contributed by atoms with E-state index >= 15 is 0 Å². The number of aliphatic hydroxyl groups excluding tert-OH is 1. The van der Waals surface area contributed by atoms with Crippen molar-refractivity contribution in [2.24, 2.45) is 5.16 Å². The molecular formula is C8H9NO3. The molecule has 1 N–H and O–H groups in total. The second kappa shape index (κ2) is 2.98. The number of rotatable bonds is 2. The van der Waals surface area contributed by atoms with Gasteiger partial charge in [0.25, 0.3) is 0 Å². The van der Waals surface area contributed by atoms with Gasteiger partial charge in [-0.1, -0.05) is 5.16 Å². The highest BCUT2D eigenvalue weighted by Gasteiger charge is 2.22. The summed E-state index contributed by atoms with van der Waals surface area (Å²) in [4.78, 5) is 4.92. The Morgan fingerprint density at radius 2 is 2.58 bits per heavy atom. The molecule has 1 aliphatic rings. The van der Waals surface area contributed by atoms with Crippen LogP contribution in [0.5, 0.6) is 0 Å². The van der Waals surface area contributed by atoms with Crippen LogP contribution < -0.4 is 0 Å². The third kappa shape index (κ3) is 1.21. The van der Waals surface area contributed by atoms with Crippen LogP contribution in [0.15, 0.2) is 28.0 Å². The predicted octanol–water partition coefficient (Wildman–Crippen LogP) is 0.765. The Morgan fingerprint density at radius 3 is 3.17 bits per heavy atom. The van der Waals surface area contributed by atoms with Gasteiger partial charge in [0, 0.05) is 6.42 Å². The Balaban J connectivity index is 2.09. The molecule has 4 heteroatoms. The van der Waals surface area contributed by atoms with Gasteiger partial charge in [0.1, 0.15) is 5.71 Å². The monoisotopic (exact) mass is 167 g/mol. The third-order valence-corrected chi connectivity index (χ3v) is 1.74. The van der Waals surface area contributed by atoms with E-state index in [1.165, 1.54) is 0 Å². The molecule has 2 heterocycles. The van der Waals surface area contributed by atoms with Gasteiger partial charge < -0.3 is 14.4 Å². The van der Waals surface area contributed by atoms with E-state index in [-0.39, 0.29) is 12.7 Å². The van der Waals surface area contributed by atoms with Crippen molar-refractivity contribution in [3.63, 3.8) is 0 Å². The van der Waals surface area contributed by atoms with E-state index in [0.29, 0.717) is 12.2 Å².